The third kappa shape index (κ3) is 2.52. The number of nitrogens with two attached hydrogens (primary N) is 1. The number of fused-ring (bicyclic) bond motifs is 1. The molecule has 6 nitrogen and oxygen atoms in total. The van der Waals surface area contributed by atoms with Crippen molar-refractivity contribution in [1.82, 2.24) is 10.3 Å². The van der Waals surface area contributed by atoms with Crippen LogP contribution in [0, 0.1) is 6.92 Å². The molecule has 19 heavy (non-hydrogen) atoms. The van der Waals surface area contributed by atoms with E-state index in [0.29, 0.717) is 5.69 Å². The second-order valence-corrected chi connectivity index (χ2v) is 4.15. The first-order chi connectivity index (χ1) is 9.05. The normalized spacial score (nSPS) is 11.6. The first-order valence-corrected chi connectivity index (χ1v) is 5.76. The van der Waals surface area contributed by atoms with Crippen molar-refractivity contribution in [3.05, 3.63) is 29.5 Å². The van der Waals surface area contributed by atoms with E-state index >= 15 is 0 Å². The minimum Gasteiger partial charge on any atom is -0.497 e. The summed E-state index contributed by atoms with van der Waals surface area (Å²) in [5, 5.41) is 3.45. The SMILES string of the molecule is CN=C(N)NC(=O)c1cc2c(C)cc(OC)cc2[nH]1. The molecule has 0 radical (unpaired) electrons. The van der Waals surface area contributed by atoms with Gasteiger partial charge in [0, 0.05) is 24.0 Å². The molecule has 2 aromatic rings. The molecule has 6 heteroatoms. The molecule has 0 saturated heterocycles. The van der Waals surface area contributed by atoms with Crippen LogP contribution in [-0.4, -0.2) is 31.0 Å². The van der Waals surface area contributed by atoms with Crippen LogP contribution in [-0.2, 0) is 0 Å². The number of nitrogens with zero attached hydrogens (tertiary/aromatic N) is 1. The number of aromatic nitrogens is 1. The summed E-state index contributed by atoms with van der Waals surface area (Å²) in [4.78, 5) is 18.6. The standard InChI is InChI=1S/C13H16N4O2/c1-7-4-8(19-3)5-10-9(7)6-11(16-10)12(18)17-13(14)15-2/h4-6,16H,1-3H3,(H3,14,15,17,18). The molecule has 0 aliphatic carbocycles. The number of methoxy groups -OCH3 is 1. The lowest BCUT2D eigenvalue weighted by atomic mass is 10.1. The van der Waals surface area contributed by atoms with E-state index in [0.717, 1.165) is 22.2 Å². The van der Waals surface area contributed by atoms with Gasteiger partial charge in [0.05, 0.1) is 7.11 Å². The first-order valence-electron chi connectivity index (χ1n) is 5.76. The molecular formula is C13H16N4O2. The predicted molar refractivity (Wildman–Crippen MR) is 74.6 cm³/mol. The van der Waals surface area contributed by atoms with E-state index in [1.54, 1.807) is 13.2 Å². The number of carbonyl (C=O) groups is 1. The van der Waals surface area contributed by atoms with Crippen molar-refractivity contribution in [2.45, 2.75) is 6.92 Å². The third-order valence-electron chi connectivity index (χ3n) is 2.88. The summed E-state index contributed by atoms with van der Waals surface area (Å²) in [6, 6.07) is 5.54. The number of rotatable bonds is 2. The Balaban J connectivity index is 2.41. The lowest BCUT2D eigenvalue weighted by Crippen LogP contribution is -2.36. The van der Waals surface area contributed by atoms with Crippen molar-refractivity contribution in [3.8, 4) is 5.75 Å². The highest BCUT2D eigenvalue weighted by Gasteiger charge is 2.12. The number of ether oxygens (including phenoxy) is 1. The second kappa shape index (κ2) is 5.01. The zero-order valence-electron chi connectivity index (χ0n) is 11.1. The first kappa shape index (κ1) is 12.9. The number of amides is 1. The Labute approximate surface area is 110 Å². The van der Waals surface area contributed by atoms with Crippen LogP contribution in [0.5, 0.6) is 5.75 Å². The van der Waals surface area contributed by atoms with Gasteiger partial charge < -0.3 is 15.5 Å². The largest absolute Gasteiger partial charge is 0.497 e. The van der Waals surface area contributed by atoms with Gasteiger partial charge in [-0.25, -0.2) is 0 Å². The van der Waals surface area contributed by atoms with Crippen LogP contribution in [0.3, 0.4) is 0 Å². The summed E-state index contributed by atoms with van der Waals surface area (Å²) < 4.78 is 5.20. The van der Waals surface area contributed by atoms with Gasteiger partial charge >= 0.3 is 0 Å². The molecule has 100 valence electrons. The fraction of sp³-hybridized carbons (Fsp3) is 0.231. The third-order valence-corrected chi connectivity index (χ3v) is 2.88. The van der Waals surface area contributed by atoms with Crippen LogP contribution in [0.4, 0.5) is 0 Å². The van der Waals surface area contributed by atoms with E-state index < -0.39 is 0 Å². The molecule has 0 spiro atoms. The van der Waals surface area contributed by atoms with Gasteiger partial charge in [0.2, 0.25) is 0 Å². The molecule has 0 aliphatic heterocycles. The van der Waals surface area contributed by atoms with Crippen molar-refractivity contribution in [1.29, 1.82) is 0 Å². The quantitative estimate of drug-likeness (QED) is 0.558. The lowest BCUT2D eigenvalue weighted by molar-refractivity contribution is 0.0972. The summed E-state index contributed by atoms with van der Waals surface area (Å²) in [6.45, 7) is 1.96. The number of aryl methyl sites for hydroxylation is 1. The number of guanidine groups is 1. The number of benzene rings is 1. The molecule has 0 bridgehead atoms. The maximum absolute atomic E-state index is 11.9. The maximum atomic E-state index is 11.9. The van der Waals surface area contributed by atoms with Gasteiger partial charge in [-0.2, -0.15) is 0 Å². The fourth-order valence-corrected chi connectivity index (χ4v) is 1.87. The highest BCUT2D eigenvalue weighted by molar-refractivity contribution is 6.06. The number of carbonyl (C=O) groups excluding carboxylic acids is 1. The van der Waals surface area contributed by atoms with Crippen LogP contribution in [0.15, 0.2) is 23.2 Å². The highest BCUT2D eigenvalue weighted by atomic mass is 16.5. The van der Waals surface area contributed by atoms with Crippen LogP contribution >= 0.6 is 0 Å². The van der Waals surface area contributed by atoms with Gasteiger partial charge in [-0.05, 0) is 24.6 Å². The molecule has 0 saturated carbocycles. The molecule has 1 heterocycles. The Bertz CT molecular complexity index is 658. The summed E-state index contributed by atoms with van der Waals surface area (Å²) in [6.07, 6.45) is 0. The lowest BCUT2D eigenvalue weighted by Gasteiger charge is -2.01. The van der Waals surface area contributed by atoms with Crippen molar-refractivity contribution in [2.75, 3.05) is 14.2 Å². The average Bonchev–Trinajstić information content (AvgIpc) is 2.82. The Morgan fingerprint density at radius 1 is 1.42 bits per heavy atom. The van der Waals surface area contributed by atoms with Gasteiger partial charge in [0.25, 0.3) is 5.91 Å². The summed E-state index contributed by atoms with van der Waals surface area (Å²) in [5.41, 5.74) is 7.76. The molecule has 1 aromatic carbocycles. The molecule has 0 aliphatic rings. The molecular weight excluding hydrogens is 244 g/mol. The average molecular weight is 260 g/mol. The van der Waals surface area contributed by atoms with Crippen molar-refractivity contribution < 1.29 is 9.53 Å². The monoisotopic (exact) mass is 260 g/mol. The van der Waals surface area contributed by atoms with Crippen LogP contribution in [0.1, 0.15) is 16.1 Å². The summed E-state index contributed by atoms with van der Waals surface area (Å²) in [7, 11) is 3.12. The molecule has 1 amide bonds. The van der Waals surface area contributed by atoms with Crippen molar-refractivity contribution >= 4 is 22.8 Å². The van der Waals surface area contributed by atoms with Gasteiger partial charge in [0.1, 0.15) is 11.4 Å². The van der Waals surface area contributed by atoms with Gasteiger partial charge in [0.15, 0.2) is 5.96 Å². The molecule has 0 fully saturated rings. The molecule has 1 aromatic heterocycles. The second-order valence-electron chi connectivity index (χ2n) is 4.15. The number of H-pyrrole nitrogens is 1. The molecule has 0 atom stereocenters. The number of hydrogen-bond acceptors (Lipinski definition) is 3. The van der Waals surface area contributed by atoms with E-state index in [-0.39, 0.29) is 11.9 Å². The van der Waals surface area contributed by atoms with E-state index in [2.05, 4.69) is 15.3 Å². The number of nitrogens with one attached hydrogen (secondary N) is 2. The minimum absolute atomic E-state index is 0.0814. The van der Waals surface area contributed by atoms with E-state index in [1.165, 1.54) is 7.05 Å². The van der Waals surface area contributed by atoms with Crippen molar-refractivity contribution in [2.24, 2.45) is 10.7 Å². The Morgan fingerprint density at radius 2 is 2.16 bits per heavy atom. The van der Waals surface area contributed by atoms with E-state index in [1.807, 2.05) is 19.1 Å². The minimum atomic E-state index is -0.322. The molecule has 4 N–H and O–H groups in total. The van der Waals surface area contributed by atoms with Crippen LogP contribution in [0.2, 0.25) is 0 Å². The number of aliphatic imine (C=N–C) groups is 1. The fourth-order valence-electron chi connectivity index (χ4n) is 1.87. The van der Waals surface area contributed by atoms with Crippen LogP contribution < -0.4 is 15.8 Å². The Morgan fingerprint density at radius 3 is 2.79 bits per heavy atom. The van der Waals surface area contributed by atoms with Gasteiger partial charge in [-0.3, -0.25) is 15.1 Å². The van der Waals surface area contributed by atoms with E-state index in [9.17, 15) is 4.79 Å². The van der Waals surface area contributed by atoms with Crippen molar-refractivity contribution in [3.63, 3.8) is 0 Å². The van der Waals surface area contributed by atoms with Gasteiger partial charge in [-0.1, -0.05) is 0 Å². The maximum Gasteiger partial charge on any atom is 0.274 e. The predicted octanol–water partition coefficient (Wildman–Crippen LogP) is 1.16. The number of hydrogen-bond donors (Lipinski definition) is 3. The highest BCUT2D eigenvalue weighted by Crippen LogP contribution is 2.25. The van der Waals surface area contributed by atoms with Gasteiger partial charge in [-0.15, -0.1) is 0 Å². The zero-order chi connectivity index (χ0) is 14.0. The zero-order valence-corrected chi connectivity index (χ0v) is 11.1. The smallest absolute Gasteiger partial charge is 0.274 e. The molecule has 0 unspecified atom stereocenters. The topological polar surface area (TPSA) is 92.5 Å². The summed E-state index contributed by atoms with van der Waals surface area (Å²) in [5.74, 6) is 0.504. The van der Waals surface area contributed by atoms with E-state index in [4.69, 9.17) is 10.5 Å². The Kier molecular flexibility index (Phi) is 3.41. The molecule has 2 rings (SSSR count). The van der Waals surface area contributed by atoms with Crippen LogP contribution in [0.25, 0.3) is 10.9 Å². The summed E-state index contributed by atoms with van der Waals surface area (Å²) >= 11 is 0. The number of aromatic amines is 1. The Hall–Kier alpha value is -2.50.